The molecule has 2 N–H and O–H groups in total. The average Bonchev–Trinajstić information content (AvgIpc) is 2.72. The van der Waals surface area contributed by atoms with Crippen molar-refractivity contribution in [1.82, 2.24) is 0 Å². The lowest BCUT2D eigenvalue weighted by Gasteiger charge is -2.38. The molecule has 2 saturated carbocycles. The molecule has 0 saturated heterocycles. The first-order valence-corrected chi connectivity index (χ1v) is 12.1. The second kappa shape index (κ2) is 11.1. The van der Waals surface area contributed by atoms with Gasteiger partial charge in [0.15, 0.2) is 0 Å². The Hall–Kier alpha value is -0.980. The van der Waals surface area contributed by atoms with E-state index in [9.17, 15) is 0 Å². The molecule has 152 valence electrons. The Bertz CT molecular complexity index is 504. The molecule has 0 spiro atoms. The van der Waals surface area contributed by atoms with E-state index in [-0.39, 0.29) is 0 Å². The van der Waals surface area contributed by atoms with Crippen LogP contribution in [0.1, 0.15) is 115 Å². The molecular weight excluding hydrogens is 326 g/mol. The van der Waals surface area contributed by atoms with Crippen LogP contribution in [0, 0.1) is 17.8 Å². The predicted molar refractivity (Wildman–Crippen MR) is 119 cm³/mol. The first-order valence-electron chi connectivity index (χ1n) is 12.1. The van der Waals surface area contributed by atoms with Gasteiger partial charge in [0.05, 0.1) is 0 Å². The molecular formula is C26H43N. The van der Waals surface area contributed by atoms with Crippen LogP contribution in [0.2, 0.25) is 0 Å². The van der Waals surface area contributed by atoms with Crippen molar-refractivity contribution in [2.24, 2.45) is 17.8 Å². The van der Waals surface area contributed by atoms with Gasteiger partial charge in [0, 0.05) is 5.69 Å². The zero-order valence-electron chi connectivity index (χ0n) is 17.8. The number of nitrogens with two attached hydrogens (primary N) is 1. The van der Waals surface area contributed by atoms with Crippen LogP contribution in [0.15, 0.2) is 24.3 Å². The topological polar surface area (TPSA) is 26.0 Å². The highest BCUT2D eigenvalue weighted by molar-refractivity contribution is 5.40. The number of hydrogen-bond donors (Lipinski definition) is 1. The molecule has 0 heterocycles. The summed E-state index contributed by atoms with van der Waals surface area (Å²) in [5.74, 6) is 3.90. The molecule has 0 aliphatic heterocycles. The highest BCUT2D eigenvalue weighted by Gasteiger charge is 2.31. The van der Waals surface area contributed by atoms with E-state index in [4.69, 9.17) is 5.73 Å². The first-order chi connectivity index (χ1) is 13.3. The van der Waals surface area contributed by atoms with Crippen LogP contribution >= 0.6 is 0 Å². The van der Waals surface area contributed by atoms with E-state index in [2.05, 4.69) is 31.2 Å². The molecule has 1 heteroatoms. The molecule has 0 radical (unpaired) electrons. The molecule has 0 atom stereocenters. The van der Waals surface area contributed by atoms with Crippen LogP contribution in [0.5, 0.6) is 0 Å². The summed E-state index contributed by atoms with van der Waals surface area (Å²) in [6.45, 7) is 2.31. The number of nitrogen functional groups attached to an aromatic ring is 1. The molecule has 0 unspecified atom stereocenters. The Kier molecular flexibility index (Phi) is 8.55. The molecule has 0 bridgehead atoms. The minimum Gasteiger partial charge on any atom is -0.399 e. The van der Waals surface area contributed by atoms with Crippen LogP contribution in [-0.4, -0.2) is 0 Å². The Morgan fingerprint density at radius 1 is 0.704 bits per heavy atom. The Balaban J connectivity index is 1.31. The zero-order chi connectivity index (χ0) is 18.9. The molecule has 0 amide bonds. The fourth-order valence-electron chi connectivity index (χ4n) is 5.85. The smallest absolute Gasteiger partial charge is 0.0314 e. The van der Waals surface area contributed by atoms with Crippen molar-refractivity contribution in [2.75, 3.05) is 5.73 Å². The molecule has 2 fully saturated rings. The van der Waals surface area contributed by atoms with Crippen molar-refractivity contribution in [3.05, 3.63) is 29.8 Å². The van der Waals surface area contributed by atoms with E-state index in [0.717, 1.165) is 29.4 Å². The van der Waals surface area contributed by atoms with Crippen LogP contribution in [0.4, 0.5) is 5.69 Å². The molecule has 2 aliphatic rings. The molecule has 27 heavy (non-hydrogen) atoms. The molecule has 1 aromatic carbocycles. The van der Waals surface area contributed by atoms with E-state index in [1.807, 2.05) is 0 Å². The van der Waals surface area contributed by atoms with Crippen LogP contribution < -0.4 is 5.73 Å². The standard InChI is InChI=1S/C26H43N/c1-2-3-4-5-6-7-8-21-9-11-22(12-10-21)23-13-15-24(16-14-23)25-17-19-26(27)20-18-25/h17-24H,2-16,27H2,1H3. The highest BCUT2D eigenvalue weighted by atomic mass is 14.5. The Morgan fingerprint density at radius 2 is 1.26 bits per heavy atom. The van der Waals surface area contributed by atoms with E-state index < -0.39 is 0 Å². The highest BCUT2D eigenvalue weighted by Crippen LogP contribution is 2.44. The van der Waals surface area contributed by atoms with Gasteiger partial charge in [0.25, 0.3) is 0 Å². The third-order valence-electron chi connectivity index (χ3n) is 7.70. The van der Waals surface area contributed by atoms with Gasteiger partial charge in [-0.2, -0.15) is 0 Å². The second-order valence-corrected chi connectivity index (χ2v) is 9.62. The third kappa shape index (κ3) is 6.54. The summed E-state index contributed by atoms with van der Waals surface area (Å²) in [6.07, 6.45) is 22.0. The summed E-state index contributed by atoms with van der Waals surface area (Å²) in [5, 5.41) is 0. The van der Waals surface area contributed by atoms with Gasteiger partial charge in [-0.25, -0.2) is 0 Å². The number of rotatable bonds is 9. The lowest BCUT2D eigenvalue weighted by atomic mass is 9.68. The van der Waals surface area contributed by atoms with Crippen molar-refractivity contribution >= 4 is 5.69 Å². The summed E-state index contributed by atoms with van der Waals surface area (Å²) in [5.41, 5.74) is 8.26. The number of hydrogen-bond acceptors (Lipinski definition) is 1. The quantitative estimate of drug-likeness (QED) is 0.345. The summed E-state index contributed by atoms with van der Waals surface area (Å²) >= 11 is 0. The largest absolute Gasteiger partial charge is 0.399 e. The Morgan fingerprint density at radius 3 is 1.89 bits per heavy atom. The first kappa shape index (κ1) is 20.7. The summed E-state index contributed by atoms with van der Waals surface area (Å²) in [4.78, 5) is 0. The summed E-state index contributed by atoms with van der Waals surface area (Å²) in [6, 6.07) is 8.67. The maximum Gasteiger partial charge on any atom is 0.0314 e. The van der Waals surface area contributed by atoms with Crippen molar-refractivity contribution in [2.45, 2.75) is 109 Å². The van der Waals surface area contributed by atoms with E-state index in [0.29, 0.717) is 0 Å². The van der Waals surface area contributed by atoms with E-state index >= 15 is 0 Å². The van der Waals surface area contributed by atoms with Gasteiger partial charge < -0.3 is 5.73 Å². The summed E-state index contributed by atoms with van der Waals surface area (Å²) < 4.78 is 0. The van der Waals surface area contributed by atoms with Crippen LogP contribution in [0.3, 0.4) is 0 Å². The van der Waals surface area contributed by atoms with Crippen LogP contribution in [0.25, 0.3) is 0 Å². The van der Waals surface area contributed by atoms with Gasteiger partial charge in [-0.1, -0.05) is 76.8 Å². The monoisotopic (exact) mass is 369 g/mol. The number of anilines is 1. The van der Waals surface area contributed by atoms with Gasteiger partial charge in [0.2, 0.25) is 0 Å². The maximum atomic E-state index is 5.84. The minimum absolute atomic E-state index is 0.783. The molecule has 1 nitrogen and oxygen atoms in total. The SMILES string of the molecule is CCCCCCCCC1CCC(C2CCC(c3ccc(N)cc3)CC2)CC1. The molecule has 0 aromatic heterocycles. The van der Waals surface area contributed by atoms with Crippen molar-refractivity contribution in [3.63, 3.8) is 0 Å². The normalized spacial score (nSPS) is 28.9. The molecule has 2 aliphatic carbocycles. The number of benzene rings is 1. The molecule has 3 rings (SSSR count). The molecule has 1 aromatic rings. The Labute approximate surface area is 168 Å². The van der Waals surface area contributed by atoms with Gasteiger partial charge in [0.1, 0.15) is 0 Å². The second-order valence-electron chi connectivity index (χ2n) is 9.62. The third-order valence-corrected chi connectivity index (χ3v) is 7.70. The van der Waals surface area contributed by atoms with E-state index in [1.54, 1.807) is 0 Å². The predicted octanol–water partition coefficient (Wildman–Crippen LogP) is 8.10. The number of unbranched alkanes of at least 4 members (excludes halogenated alkanes) is 5. The fraction of sp³-hybridized carbons (Fsp3) is 0.769. The van der Waals surface area contributed by atoms with Gasteiger partial charge in [-0.3, -0.25) is 0 Å². The minimum atomic E-state index is 0.783. The maximum absolute atomic E-state index is 5.84. The van der Waals surface area contributed by atoms with E-state index in [1.165, 1.54) is 102 Å². The van der Waals surface area contributed by atoms with Gasteiger partial charge in [-0.15, -0.1) is 0 Å². The summed E-state index contributed by atoms with van der Waals surface area (Å²) in [7, 11) is 0. The lowest BCUT2D eigenvalue weighted by Crippen LogP contribution is -2.25. The fourth-order valence-corrected chi connectivity index (χ4v) is 5.85. The van der Waals surface area contributed by atoms with Crippen molar-refractivity contribution < 1.29 is 0 Å². The van der Waals surface area contributed by atoms with Gasteiger partial charge in [-0.05, 0) is 79.9 Å². The lowest BCUT2D eigenvalue weighted by molar-refractivity contribution is 0.155. The van der Waals surface area contributed by atoms with Gasteiger partial charge >= 0.3 is 0 Å². The van der Waals surface area contributed by atoms with Crippen molar-refractivity contribution in [1.29, 1.82) is 0 Å². The van der Waals surface area contributed by atoms with Crippen molar-refractivity contribution in [3.8, 4) is 0 Å². The zero-order valence-corrected chi connectivity index (χ0v) is 17.8. The van der Waals surface area contributed by atoms with Crippen LogP contribution in [-0.2, 0) is 0 Å². The average molecular weight is 370 g/mol.